The van der Waals surface area contributed by atoms with E-state index in [0.29, 0.717) is 25.1 Å². The maximum absolute atomic E-state index is 12.7. The molecule has 3 aliphatic heterocycles. The smallest absolute Gasteiger partial charge is 0.255 e. The highest BCUT2D eigenvalue weighted by molar-refractivity contribution is 6.05. The minimum absolute atomic E-state index is 0.123. The first-order chi connectivity index (χ1) is 13.8. The molecule has 29 heavy (non-hydrogen) atoms. The van der Waals surface area contributed by atoms with Crippen LogP contribution in [0.2, 0.25) is 0 Å². The van der Waals surface area contributed by atoms with Gasteiger partial charge in [0.15, 0.2) is 0 Å². The quantitative estimate of drug-likeness (QED) is 0.615. The molecule has 156 valence electrons. The van der Waals surface area contributed by atoms with E-state index in [-0.39, 0.29) is 35.8 Å². The van der Waals surface area contributed by atoms with Crippen LogP contribution in [0.4, 0.5) is 0 Å². The third-order valence-corrected chi connectivity index (χ3v) is 5.70. The molecule has 2 saturated heterocycles. The summed E-state index contributed by atoms with van der Waals surface area (Å²) in [5, 5.41) is 9.16. The maximum Gasteiger partial charge on any atom is 0.255 e. The van der Waals surface area contributed by atoms with E-state index >= 15 is 0 Å². The molecule has 1 unspecified atom stereocenters. The molecule has 0 aromatic heterocycles. The highest BCUT2D eigenvalue weighted by atomic mass is 16.5. The minimum atomic E-state index is -0.575. The number of benzene rings is 1. The first kappa shape index (κ1) is 20.0. The Morgan fingerprint density at radius 3 is 2.86 bits per heavy atom. The van der Waals surface area contributed by atoms with Crippen LogP contribution >= 0.6 is 0 Å². The van der Waals surface area contributed by atoms with Gasteiger partial charge in [-0.05, 0) is 37.5 Å². The van der Waals surface area contributed by atoms with E-state index in [0.717, 1.165) is 30.8 Å². The molecule has 3 amide bonds. The Bertz CT molecular complexity index is 838. The standard InChI is InChI=1S/C21H28N4O4/c1-21(2)12-23-10-15(29-21)9-22-8-13-3-4-16-14(7-13)11-25(20(16)28)17-5-6-18(26)24-19(17)27/h3-4,7,15,17,22-23H,5-6,8-12H2,1-2H3,(H,24,26,27)/t15-,17?/m1/s1. The summed E-state index contributed by atoms with van der Waals surface area (Å²) in [6.07, 6.45) is 0.767. The van der Waals surface area contributed by atoms with Crippen molar-refractivity contribution in [3.63, 3.8) is 0 Å². The van der Waals surface area contributed by atoms with Gasteiger partial charge in [-0.15, -0.1) is 0 Å². The summed E-state index contributed by atoms with van der Waals surface area (Å²) in [5.41, 5.74) is 2.50. The molecule has 0 saturated carbocycles. The SMILES string of the molecule is CC1(C)CNC[C@@H](CNCc2ccc3c(c2)CN(C2CCC(=O)NC2=O)C3=O)O1. The molecule has 8 heteroatoms. The molecule has 3 aliphatic rings. The van der Waals surface area contributed by atoms with Gasteiger partial charge in [0.05, 0.1) is 11.7 Å². The second-order valence-corrected chi connectivity index (χ2v) is 8.65. The number of carbonyl (C=O) groups is 3. The predicted octanol–water partition coefficient (Wildman–Crippen LogP) is 0.304. The summed E-state index contributed by atoms with van der Waals surface area (Å²) >= 11 is 0. The fraction of sp³-hybridized carbons (Fsp3) is 0.571. The van der Waals surface area contributed by atoms with Gasteiger partial charge in [-0.25, -0.2) is 0 Å². The Labute approximate surface area is 170 Å². The van der Waals surface area contributed by atoms with E-state index in [4.69, 9.17) is 4.74 Å². The number of amides is 3. The first-order valence-corrected chi connectivity index (χ1v) is 10.2. The normalized spacial score (nSPS) is 26.4. The van der Waals surface area contributed by atoms with E-state index in [9.17, 15) is 14.4 Å². The van der Waals surface area contributed by atoms with Crippen LogP contribution in [0.15, 0.2) is 18.2 Å². The fourth-order valence-electron chi connectivity index (χ4n) is 4.30. The molecule has 1 aromatic carbocycles. The van der Waals surface area contributed by atoms with Crippen molar-refractivity contribution in [2.45, 2.75) is 57.5 Å². The molecule has 0 spiro atoms. The predicted molar refractivity (Wildman–Crippen MR) is 106 cm³/mol. The summed E-state index contributed by atoms with van der Waals surface area (Å²) in [6, 6.07) is 5.23. The third-order valence-electron chi connectivity index (χ3n) is 5.70. The molecule has 3 heterocycles. The molecule has 2 fully saturated rings. The largest absolute Gasteiger partial charge is 0.368 e. The number of carbonyl (C=O) groups excluding carboxylic acids is 3. The Kier molecular flexibility index (Phi) is 5.42. The van der Waals surface area contributed by atoms with E-state index in [1.165, 1.54) is 0 Å². The number of fused-ring (bicyclic) bond motifs is 1. The van der Waals surface area contributed by atoms with Crippen LogP contribution in [0.25, 0.3) is 0 Å². The van der Waals surface area contributed by atoms with Crippen molar-refractivity contribution in [2.75, 3.05) is 19.6 Å². The van der Waals surface area contributed by atoms with Gasteiger partial charge >= 0.3 is 0 Å². The van der Waals surface area contributed by atoms with Gasteiger partial charge in [0.1, 0.15) is 6.04 Å². The van der Waals surface area contributed by atoms with E-state index in [1.807, 2.05) is 18.2 Å². The number of nitrogens with zero attached hydrogens (tertiary/aromatic N) is 1. The number of hydrogen-bond donors (Lipinski definition) is 3. The Balaban J connectivity index is 1.35. The zero-order valence-corrected chi connectivity index (χ0v) is 16.9. The second kappa shape index (κ2) is 7.85. The van der Waals surface area contributed by atoms with Gasteiger partial charge in [-0.3, -0.25) is 19.7 Å². The highest BCUT2D eigenvalue weighted by Crippen LogP contribution is 2.28. The lowest BCUT2D eigenvalue weighted by Crippen LogP contribution is -2.53. The van der Waals surface area contributed by atoms with Crippen molar-refractivity contribution >= 4 is 17.7 Å². The molecule has 4 rings (SSSR count). The van der Waals surface area contributed by atoms with Crippen molar-refractivity contribution in [1.82, 2.24) is 20.9 Å². The molecular formula is C21H28N4O4. The van der Waals surface area contributed by atoms with Crippen molar-refractivity contribution in [3.05, 3.63) is 34.9 Å². The van der Waals surface area contributed by atoms with Gasteiger partial charge < -0.3 is 20.3 Å². The number of nitrogens with one attached hydrogen (secondary N) is 3. The average Bonchev–Trinajstić information content (AvgIpc) is 2.97. The van der Waals surface area contributed by atoms with Gasteiger partial charge in [-0.2, -0.15) is 0 Å². The number of ether oxygens (including phenoxy) is 1. The maximum atomic E-state index is 12.7. The molecule has 0 radical (unpaired) electrons. The van der Waals surface area contributed by atoms with Crippen molar-refractivity contribution in [3.8, 4) is 0 Å². The zero-order chi connectivity index (χ0) is 20.6. The Hall–Kier alpha value is -2.29. The zero-order valence-electron chi connectivity index (χ0n) is 16.9. The van der Waals surface area contributed by atoms with E-state index in [1.54, 1.807) is 4.90 Å². The third kappa shape index (κ3) is 4.34. The van der Waals surface area contributed by atoms with E-state index < -0.39 is 6.04 Å². The lowest BCUT2D eigenvalue weighted by Gasteiger charge is -2.36. The lowest BCUT2D eigenvalue weighted by molar-refractivity contribution is -0.136. The summed E-state index contributed by atoms with van der Waals surface area (Å²) in [4.78, 5) is 37.8. The monoisotopic (exact) mass is 400 g/mol. The van der Waals surface area contributed by atoms with Crippen LogP contribution in [0.1, 0.15) is 48.2 Å². The van der Waals surface area contributed by atoms with Gasteiger partial charge in [0.2, 0.25) is 11.8 Å². The molecule has 1 aromatic rings. The van der Waals surface area contributed by atoms with Crippen molar-refractivity contribution < 1.29 is 19.1 Å². The number of hydrogen-bond acceptors (Lipinski definition) is 6. The molecule has 8 nitrogen and oxygen atoms in total. The molecule has 3 N–H and O–H groups in total. The highest BCUT2D eigenvalue weighted by Gasteiger charge is 2.39. The summed E-state index contributed by atoms with van der Waals surface area (Å²) < 4.78 is 6.06. The van der Waals surface area contributed by atoms with Crippen LogP contribution in [-0.2, 0) is 27.4 Å². The van der Waals surface area contributed by atoms with Crippen LogP contribution < -0.4 is 16.0 Å². The Morgan fingerprint density at radius 2 is 2.10 bits per heavy atom. The van der Waals surface area contributed by atoms with Crippen LogP contribution in [0.3, 0.4) is 0 Å². The Morgan fingerprint density at radius 1 is 1.28 bits per heavy atom. The van der Waals surface area contributed by atoms with Gasteiger partial charge in [-0.1, -0.05) is 12.1 Å². The summed E-state index contributed by atoms with van der Waals surface area (Å²) in [5.74, 6) is -0.796. The average molecular weight is 400 g/mol. The van der Waals surface area contributed by atoms with Crippen LogP contribution in [0, 0.1) is 0 Å². The summed E-state index contributed by atoms with van der Waals surface area (Å²) in [7, 11) is 0. The fourth-order valence-corrected chi connectivity index (χ4v) is 4.30. The molecule has 0 aliphatic carbocycles. The van der Waals surface area contributed by atoms with Crippen molar-refractivity contribution in [2.24, 2.45) is 0 Å². The van der Waals surface area contributed by atoms with Crippen molar-refractivity contribution in [1.29, 1.82) is 0 Å². The molecule has 0 bridgehead atoms. The second-order valence-electron chi connectivity index (χ2n) is 8.65. The molecule has 2 atom stereocenters. The number of morpholine rings is 1. The lowest BCUT2D eigenvalue weighted by atomic mass is 10.0. The molecular weight excluding hydrogens is 372 g/mol. The minimum Gasteiger partial charge on any atom is -0.368 e. The van der Waals surface area contributed by atoms with Crippen LogP contribution in [0.5, 0.6) is 0 Å². The van der Waals surface area contributed by atoms with Gasteiger partial charge in [0, 0.05) is 44.7 Å². The summed E-state index contributed by atoms with van der Waals surface area (Å²) in [6.45, 7) is 7.67. The van der Waals surface area contributed by atoms with Crippen LogP contribution in [-0.4, -0.2) is 60.0 Å². The number of imide groups is 1. The van der Waals surface area contributed by atoms with Gasteiger partial charge in [0.25, 0.3) is 5.91 Å². The van der Waals surface area contributed by atoms with E-state index in [2.05, 4.69) is 29.8 Å². The number of rotatable bonds is 5. The topological polar surface area (TPSA) is 99.8 Å². The number of piperidine rings is 1. The first-order valence-electron chi connectivity index (χ1n) is 10.2.